The van der Waals surface area contributed by atoms with Gasteiger partial charge >= 0.3 is 0 Å². The summed E-state index contributed by atoms with van der Waals surface area (Å²) in [4.78, 5) is 0. The molecule has 6 nitrogen and oxygen atoms in total. The summed E-state index contributed by atoms with van der Waals surface area (Å²) < 4.78 is 0. The van der Waals surface area contributed by atoms with Crippen LogP contribution in [0.15, 0.2) is 0 Å². The lowest BCUT2D eigenvalue weighted by Crippen LogP contribution is -2.95. The van der Waals surface area contributed by atoms with Gasteiger partial charge in [-0.1, -0.05) is 38.5 Å². The lowest BCUT2D eigenvalue weighted by atomic mass is 9.91. The van der Waals surface area contributed by atoms with E-state index in [1.54, 1.807) is 0 Å². The number of hydrogen-bond donors (Lipinski definition) is 3. The maximum atomic E-state index is 8.42. The van der Waals surface area contributed by atoms with Crippen LogP contribution in [0.2, 0.25) is 0 Å². The molecule has 0 heterocycles. The van der Waals surface area contributed by atoms with Gasteiger partial charge in [-0.05, 0) is 154 Å². The van der Waals surface area contributed by atoms with Gasteiger partial charge in [-0.15, -0.1) is 0 Å². The Balaban J connectivity index is 0.000000166. The van der Waals surface area contributed by atoms with Crippen LogP contribution in [0.25, 0.3) is 0 Å². The lowest BCUT2D eigenvalue weighted by Gasteiger charge is -2.35. The molecule has 43 heavy (non-hydrogen) atoms. The molecule has 0 bridgehead atoms. The Labute approximate surface area is 266 Å². The van der Waals surface area contributed by atoms with Gasteiger partial charge in [0.15, 0.2) is 0 Å². The molecule has 0 atom stereocenters. The van der Waals surface area contributed by atoms with Crippen molar-refractivity contribution in [1.29, 1.82) is 0 Å². The van der Waals surface area contributed by atoms with Gasteiger partial charge < -0.3 is 31.0 Å². The van der Waals surface area contributed by atoms with Gasteiger partial charge in [0.25, 0.3) is 0 Å². The highest BCUT2D eigenvalue weighted by atomic mass is 16.5. The minimum absolute atomic E-state index is 0.997. The maximum absolute atomic E-state index is 8.42. The quantitative estimate of drug-likeness (QED) is 0.404. The Morgan fingerprint density at radius 3 is 0.488 bits per heavy atom. The highest BCUT2D eigenvalue weighted by Gasteiger charge is 2.25. The van der Waals surface area contributed by atoms with Crippen LogP contribution < -0.4 is 31.0 Å². The van der Waals surface area contributed by atoms with Crippen LogP contribution in [0.5, 0.6) is 0 Å². The average molecular weight is 606 g/mol. The molecular formula is C36H72BN3O3. The van der Waals surface area contributed by atoms with E-state index in [2.05, 4.69) is 16.0 Å². The summed E-state index contributed by atoms with van der Waals surface area (Å²) in [5, 5.41) is 33.4. The Bertz CT molecular complexity index is 490. The summed E-state index contributed by atoms with van der Waals surface area (Å²) in [6.07, 6.45) is 44.9. The first-order valence-corrected chi connectivity index (χ1v) is 19.6. The molecule has 0 amide bonds. The van der Waals surface area contributed by atoms with Gasteiger partial charge in [0.05, 0.1) is 36.3 Å². The Kier molecular flexibility index (Phi) is 20.9. The zero-order valence-corrected chi connectivity index (χ0v) is 28.2. The molecule has 6 saturated carbocycles. The largest absolute Gasteiger partial charge is 0.907 e. The molecule has 7 heteroatoms. The van der Waals surface area contributed by atoms with Gasteiger partial charge in [-0.2, -0.15) is 0 Å². The third-order valence-corrected chi connectivity index (χ3v) is 11.5. The Hall–Kier alpha value is -0.175. The van der Waals surface area contributed by atoms with Crippen molar-refractivity contribution in [1.82, 2.24) is 0 Å². The molecule has 0 spiro atoms. The smallest absolute Gasteiger partial charge is 0.0861 e. The molecule has 6 N–H and O–H groups in total. The molecule has 6 fully saturated rings. The second kappa shape index (κ2) is 24.1. The van der Waals surface area contributed by atoms with Gasteiger partial charge in [0.1, 0.15) is 0 Å². The summed E-state index contributed by atoms with van der Waals surface area (Å²) in [6.45, 7) is 0. The monoisotopic (exact) mass is 606 g/mol. The minimum atomic E-state index is -2.92. The van der Waals surface area contributed by atoms with E-state index in [0.717, 1.165) is 36.3 Å². The summed E-state index contributed by atoms with van der Waals surface area (Å²) in [6, 6.07) is 5.98. The SMILES string of the molecule is C1CCC([NH2+]C2CCCCC2)CC1.C1CCC([NH2+]C2CCCCC2)CC1.C1CCC([NH2+]C2CCCCC2)CC1.[O-]B([O-])[O-]. The number of quaternary nitrogens is 3. The van der Waals surface area contributed by atoms with Crippen molar-refractivity contribution in [2.45, 2.75) is 229 Å². The molecule has 0 saturated heterocycles. The molecule has 0 aromatic rings. The molecule has 0 aliphatic heterocycles. The summed E-state index contributed by atoms with van der Waals surface area (Å²) in [5.74, 6) is 0. The van der Waals surface area contributed by atoms with E-state index in [9.17, 15) is 0 Å². The normalized spacial score (nSPS) is 25.7. The fraction of sp³-hybridized carbons (Fsp3) is 1.00. The third-order valence-electron chi connectivity index (χ3n) is 11.5. The van der Waals surface area contributed by atoms with Crippen LogP contribution in [-0.4, -0.2) is 43.6 Å². The highest BCUT2D eigenvalue weighted by molar-refractivity contribution is 6.24. The van der Waals surface area contributed by atoms with E-state index in [4.69, 9.17) is 15.1 Å². The van der Waals surface area contributed by atoms with Crippen molar-refractivity contribution in [2.75, 3.05) is 0 Å². The molecule has 0 radical (unpaired) electrons. The standard InChI is InChI=1S/3C12H23N.BO3/c3*1-3-7-11(8-4-1)13-12-9-5-2-6-10-12;2-1(3)4/h3*11-13H,1-10H2;/q;;;-3/p+3. The van der Waals surface area contributed by atoms with E-state index >= 15 is 0 Å². The molecule has 6 aliphatic carbocycles. The van der Waals surface area contributed by atoms with Crippen LogP contribution in [0.1, 0.15) is 193 Å². The van der Waals surface area contributed by atoms with Gasteiger partial charge in [0.2, 0.25) is 0 Å². The van der Waals surface area contributed by atoms with Crippen LogP contribution in [0, 0.1) is 0 Å². The van der Waals surface area contributed by atoms with Gasteiger partial charge in [0, 0.05) is 0 Å². The van der Waals surface area contributed by atoms with E-state index in [-0.39, 0.29) is 0 Å². The van der Waals surface area contributed by atoms with Crippen LogP contribution in [-0.2, 0) is 0 Å². The van der Waals surface area contributed by atoms with E-state index < -0.39 is 7.32 Å². The van der Waals surface area contributed by atoms with Crippen molar-refractivity contribution < 1.29 is 31.0 Å². The topological polar surface area (TPSA) is 119 Å². The van der Waals surface area contributed by atoms with Gasteiger partial charge in [-0.3, -0.25) is 7.32 Å². The fourth-order valence-electron chi connectivity index (χ4n) is 9.11. The molecule has 0 aromatic heterocycles. The minimum Gasteiger partial charge on any atom is -0.907 e. The first kappa shape index (κ1) is 37.3. The summed E-state index contributed by atoms with van der Waals surface area (Å²) >= 11 is 0. The van der Waals surface area contributed by atoms with Crippen molar-refractivity contribution in [3.05, 3.63) is 0 Å². The number of hydrogen-bond acceptors (Lipinski definition) is 3. The number of nitrogens with two attached hydrogens (primary N) is 3. The Morgan fingerprint density at radius 2 is 0.372 bits per heavy atom. The van der Waals surface area contributed by atoms with Crippen molar-refractivity contribution >= 4 is 7.32 Å². The lowest BCUT2D eigenvalue weighted by molar-refractivity contribution is -0.726. The highest BCUT2D eigenvalue weighted by Crippen LogP contribution is 2.20. The Morgan fingerprint density at radius 1 is 0.256 bits per heavy atom. The first-order valence-electron chi connectivity index (χ1n) is 19.6. The third kappa shape index (κ3) is 18.5. The second-order valence-corrected chi connectivity index (χ2v) is 15.3. The van der Waals surface area contributed by atoms with Crippen molar-refractivity contribution in [3.8, 4) is 0 Å². The molecule has 0 aromatic carbocycles. The van der Waals surface area contributed by atoms with E-state index in [0.29, 0.717) is 0 Å². The molecule has 0 unspecified atom stereocenters. The molecule has 6 rings (SSSR count). The zero-order valence-electron chi connectivity index (χ0n) is 28.2. The van der Waals surface area contributed by atoms with Gasteiger partial charge in [-0.25, -0.2) is 0 Å². The second-order valence-electron chi connectivity index (χ2n) is 15.3. The average Bonchev–Trinajstić information content (AvgIpc) is 3.05. The summed E-state index contributed by atoms with van der Waals surface area (Å²) in [5.41, 5.74) is 0. The predicted octanol–water partition coefficient (Wildman–Crippen LogP) is 2.70. The van der Waals surface area contributed by atoms with Crippen molar-refractivity contribution in [2.24, 2.45) is 0 Å². The van der Waals surface area contributed by atoms with E-state index in [1.165, 1.54) is 193 Å². The van der Waals surface area contributed by atoms with Crippen LogP contribution >= 0.6 is 0 Å². The van der Waals surface area contributed by atoms with E-state index in [1.807, 2.05) is 0 Å². The fourth-order valence-corrected chi connectivity index (χ4v) is 9.11. The van der Waals surface area contributed by atoms with Crippen LogP contribution in [0.3, 0.4) is 0 Å². The first-order chi connectivity index (χ1) is 21.1. The van der Waals surface area contributed by atoms with Crippen molar-refractivity contribution in [3.63, 3.8) is 0 Å². The molecule has 6 aliphatic rings. The molecular weight excluding hydrogens is 533 g/mol. The summed E-state index contributed by atoms with van der Waals surface area (Å²) in [7, 11) is -2.92. The van der Waals surface area contributed by atoms with Crippen LogP contribution in [0.4, 0.5) is 0 Å². The zero-order chi connectivity index (χ0) is 30.4. The maximum Gasteiger partial charge on any atom is 0.0861 e. The molecule has 252 valence electrons. The predicted molar refractivity (Wildman–Crippen MR) is 173 cm³/mol. The number of rotatable bonds is 6.